The number of hydrogen-bond donors (Lipinski definition) is 3. The summed E-state index contributed by atoms with van der Waals surface area (Å²) in [5, 5.41) is 9.99. The van der Waals surface area contributed by atoms with E-state index in [1.54, 1.807) is 36.7 Å². The molecule has 4 rings (SSSR count). The Labute approximate surface area is 175 Å². The molecule has 0 bridgehead atoms. The topological polar surface area (TPSA) is 117 Å². The second-order valence-electron chi connectivity index (χ2n) is 7.40. The Bertz CT molecular complexity index is 1140. The van der Waals surface area contributed by atoms with Crippen molar-refractivity contribution in [3.05, 3.63) is 59.9 Å². The van der Waals surface area contributed by atoms with Crippen LogP contribution in [0.4, 0.5) is 5.82 Å². The first kappa shape index (κ1) is 20.2. The van der Waals surface area contributed by atoms with Crippen LogP contribution in [0.3, 0.4) is 0 Å². The molecular weight excluding hydrogens is 402 g/mol. The van der Waals surface area contributed by atoms with Crippen LogP contribution >= 0.6 is 0 Å². The van der Waals surface area contributed by atoms with E-state index in [9.17, 15) is 13.2 Å². The summed E-state index contributed by atoms with van der Waals surface area (Å²) in [5.41, 5.74) is 3.53. The van der Waals surface area contributed by atoms with Gasteiger partial charge in [0, 0.05) is 36.0 Å². The molecule has 0 aliphatic heterocycles. The predicted octanol–water partition coefficient (Wildman–Crippen LogP) is 2.79. The first-order valence-electron chi connectivity index (χ1n) is 9.79. The Morgan fingerprint density at radius 1 is 1.13 bits per heavy atom. The Morgan fingerprint density at radius 3 is 2.50 bits per heavy atom. The van der Waals surface area contributed by atoms with Crippen molar-refractivity contribution < 1.29 is 13.2 Å². The zero-order chi connectivity index (χ0) is 21.1. The van der Waals surface area contributed by atoms with E-state index >= 15 is 0 Å². The molecule has 1 fully saturated rings. The van der Waals surface area contributed by atoms with Gasteiger partial charge in [0.15, 0.2) is 5.82 Å². The lowest BCUT2D eigenvalue weighted by molar-refractivity contribution is -0.116. The zero-order valence-electron chi connectivity index (χ0n) is 16.6. The molecule has 1 saturated carbocycles. The highest BCUT2D eigenvalue weighted by molar-refractivity contribution is 7.89. The standard InChI is InChI=1S/C21H23N5O3S/c1-14-20(16-10-12-22-13-11-16)24-25-21(14)23-19(27)9-4-15-2-7-18(8-3-15)30(28,29)26-17-5-6-17/h2-3,7-8,10-13,17,26H,4-6,9H2,1H3,(H2,23,24,25,27). The summed E-state index contributed by atoms with van der Waals surface area (Å²) >= 11 is 0. The summed E-state index contributed by atoms with van der Waals surface area (Å²) in [6.45, 7) is 1.89. The maximum absolute atomic E-state index is 12.4. The van der Waals surface area contributed by atoms with Gasteiger partial charge in [-0.15, -0.1) is 0 Å². The Kier molecular flexibility index (Phi) is 5.65. The molecule has 30 heavy (non-hydrogen) atoms. The lowest BCUT2D eigenvalue weighted by atomic mass is 10.1. The number of nitrogens with zero attached hydrogens (tertiary/aromatic N) is 2. The maximum Gasteiger partial charge on any atom is 0.240 e. The normalized spacial score (nSPS) is 13.9. The number of aromatic nitrogens is 3. The van der Waals surface area contributed by atoms with E-state index in [-0.39, 0.29) is 23.3 Å². The molecule has 0 radical (unpaired) electrons. The molecular formula is C21H23N5O3S. The highest BCUT2D eigenvalue weighted by Gasteiger charge is 2.27. The van der Waals surface area contributed by atoms with Gasteiger partial charge in [0.25, 0.3) is 0 Å². The highest BCUT2D eigenvalue weighted by Crippen LogP contribution is 2.25. The fraction of sp³-hybridized carbons (Fsp3) is 0.286. The predicted molar refractivity (Wildman–Crippen MR) is 113 cm³/mol. The van der Waals surface area contributed by atoms with Crippen molar-refractivity contribution in [2.75, 3.05) is 5.32 Å². The molecule has 3 aromatic rings. The van der Waals surface area contributed by atoms with Crippen LogP contribution in [0.5, 0.6) is 0 Å². The average Bonchev–Trinajstić information content (AvgIpc) is 3.48. The van der Waals surface area contributed by atoms with Gasteiger partial charge in [0.2, 0.25) is 15.9 Å². The van der Waals surface area contributed by atoms with E-state index in [0.717, 1.165) is 35.2 Å². The number of carbonyl (C=O) groups excluding carboxylic acids is 1. The summed E-state index contributed by atoms with van der Waals surface area (Å²) in [4.78, 5) is 16.6. The molecule has 1 aromatic carbocycles. The minimum absolute atomic E-state index is 0.0722. The summed E-state index contributed by atoms with van der Waals surface area (Å²) in [6, 6.07) is 10.5. The van der Waals surface area contributed by atoms with Crippen LogP contribution in [0.1, 0.15) is 30.4 Å². The van der Waals surface area contributed by atoms with Gasteiger partial charge in [0.1, 0.15) is 0 Å². The fourth-order valence-electron chi connectivity index (χ4n) is 3.10. The molecule has 0 unspecified atom stereocenters. The number of H-pyrrole nitrogens is 1. The molecule has 2 heterocycles. The third-order valence-electron chi connectivity index (χ3n) is 5.01. The lowest BCUT2D eigenvalue weighted by Gasteiger charge is -2.07. The van der Waals surface area contributed by atoms with Gasteiger partial charge in [-0.25, -0.2) is 13.1 Å². The number of nitrogens with one attached hydrogen (secondary N) is 3. The summed E-state index contributed by atoms with van der Waals surface area (Å²) in [5.74, 6) is 0.345. The zero-order valence-corrected chi connectivity index (χ0v) is 17.4. The van der Waals surface area contributed by atoms with Crippen molar-refractivity contribution in [3.63, 3.8) is 0 Å². The van der Waals surface area contributed by atoms with Crippen LogP contribution < -0.4 is 10.0 Å². The molecule has 1 amide bonds. The number of amides is 1. The van der Waals surface area contributed by atoms with Crippen LogP contribution in [-0.4, -0.2) is 35.5 Å². The van der Waals surface area contributed by atoms with Gasteiger partial charge < -0.3 is 5.32 Å². The van der Waals surface area contributed by atoms with E-state index in [4.69, 9.17) is 0 Å². The summed E-state index contributed by atoms with van der Waals surface area (Å²) in [6.07, 6.45) is 5.96. The second kappa shape index (κ2) is 8.37. The number of hydrogen-bond acceptors (Lipinski definition) is 5. The molecule has 3 N–H and O–H groups in total. The SMILES string of the molecule is Cc1c(NC(=O)CCc2ccc(S(=O)(=O)NC3CC3)cc2)n[nH]c1-c1ccncc1. The van der Waals surface area contributed by atoms with E-state index in [2.05, 4.69) is 25.2 Å². The molecule has 2 aromatic heterocycles. The maximum atomic E-state index is 12.4. The smallest absolute Gasteiger partial charge is 0.240 e. The quantitative estimate of drug-likeness (QED) is 0.513. The van der Waals surface area contributed by atoms with Gasteiger partial charge in [-0.05, 0) is 56.0 Å². The Balaban J connectivity index is 1.33. The second-order valence-corrected chi connectivity index (χ2v) is 9.11. The molecule has 0 atom stereocenters. The van der Waals surface area contributed by atoms with E-state index in [1.807, 2.05) is 19.1 Å². The van der Waals surface area contributed by atoms with Crippen molar-refractivity contribution in [2.45, 2.75) is 43.5 Å². The van der Waals surface area contributed by atoms with Crippen LogP contribution in [-0.2, 0) is 21.2 Å². The number of pyridine rings is 1. The largest absolute Gasteiger partial charge is 0.309 e. The number of carbonyl (C=O) groups is 1. The van der Waals surface area contributed by atoms with Gasteiger partial charge in [-0.1, -0.05) is 12.1 Å². The van der Waals surface area contributed by atoms with Gasteiger partial charge in [0.05, 0.1) is 10.6 Å². The molecule has 0 spiro atoms. The van der Waals surface area contributed by atoms with E-state index < -0.39 is 10.0 Å². The molecule has 0 saturated heterocycles. The summed E-state index contributed by atoms with van der Waals surface area (Å²) < 4.78 is 27.1. The minimum Gasteiger partial charge on any atom is -0.309 e. The monoisotopic (exact) mass is 425 g/mol. The van der Waals surface area contributed by atoms with Crippen molar-refractivity contribution >= 4 is 21.7 Å². The Hall–Kier alpha value is -3.04. The number of sulfonamides is 1. The number of benzene rings is 1. The molecule has 1 aliphatic rings. The van der Waals surface area contributed by atoms with Crippen LogP contribution in [0, 0.1) is 6.92 Å². The van der Waals surface area contributed by atoms with Crippen molar-refractivity contribution in [1.29, 1.82) is 0 Å². The van der Waals surface area contributed by atoms with Crippen LogP contribution in [0.2, 0.25) is 0 Å². The first-order valence-corrected chi connectivity index (χ1v) is 11.3. The molecule has 9 heteroatoms. The number of anilines is 1. The van der Waals surface area contributed by atoms with Crippen molar-refractivity contribution in [1.82, 2.24) is 19.9 Å². The molecule has 8 nitrogen and oxygen atoms in total. The van der Waals surface area contributed by atoms with Crippen molar-refractivity contribution in [3.8, 4) is 11.3 Å². The summed E-state index contributed by atoms with van der Waals surface area (Å²) in [7, 11) is -3.46. The van der Waals surface area contributed by atoms with Gasteiger partial charge in [-0.3, -0.25) is 14.9 Å². The first-order chi connectivity index (χ1) is 14.4. The van der Waals surface area contributed by atoms with Gasteiger partial charge >= 0.3 is 0 Å². The average molecular weight is 426 g/mol. The van der Waals surface area contributed by atoms with Crippen molar-refractivity contribution in [2.24, 2.45) is 0 Å². The molecule has 156 valence electrons. The minimum atomic E-state index is -3.46. The van der Waals surface area contributed by atoms with E-state index in [1.165, 1.54) is 0 Å². The highest BCUT2D eigenvalue weighted by atomic mass is 32.2. The number of rotatable bonds is 8. The molecule has 1 aliphatic carbocycles. The third kappa shape index (κ3) is 4.74. The Morgan fingerprint density at radius 2 is 1.83 bits per heavy atom. The lowest BCUT2D eigenvalue weighted by Crippen LogP contribution is -2.25. The van der Waals surface area contributed by atoms with E-state index in [0.29, 0.717) is 12.2 Å². The number of aromatic amines is 1. The number of aryl methyl sites for hydroxylation is 1. The third-order valence-corrected chi connectivity index (χ3v) is 6.55. The fourth-order valence-corrected chi connectivity index (χ4v) is 4.40. The van der Waals surface area contributed by atoms with Crippen LogP contribution in [0.15, 0.2) is 53.7 Å². The van der Waals surface area contributed by atoms with Crippen LogP contribution in [0.25, 0.3) is 11.3 Å². The van der Waals surface area contributed by atoms with Gasteiger partial charge in [-0.2, -0.15) is 5.10 Å².